The molecule has 2 amide bonds. The zero-order chi connectivity index (χ0) is 32.4. The zero-order valence-electron chi connectivity index (χ0n) is 26.5. The van der Waals surface area contributed by atoms with Crippen LogP contribution in [0.4, 0.5) is 22.1 Å². The summed E-state index contributed by atoms with van der Waals surface area (Å²) in [5, 5.41) is 3.65. The van der Waals surface area contributed by atoms with Gasteiger partial charge in [0.15, 0.2) is 11.2 Å². The first-order chi connectivity index (χ1) is 22.1. The van der Waals surface area contributed by atoms with Crippen LogP contribution in [0.5, 0.6) is 5.75 Å². The maximum absolute atomic E-state index is 13.6. The second-order valence-corrected chi connectivity index (χ2v) is 12.7. The van der Waals surface area contributed by atoms with E-state index in [2.05, 4.69) is 22.9 Å². The van der Waals surface area contributed by atoms with Crippen LogP contribution in [0.1, 0.15) is 51.2 Å². The summed E-state index contributed by atoms with van der Waals surface area (Å²) in [5.74, 6) is 0.782. The van der Waals surface area contributed by atoms with Crippen LogP contribution in [-0.2, 0) is 28.0 Å². The summed E-state index contributed by atoms with van der Waals surface area (Å²) in [6.45, 7) is 11.3. The molecule has 1 saturated carbocycles. The van der Waals surface area contributed by atoms with E-state index in [9.17, 15) is 14.4 Å². The van der Waals surface area contributed by atoms with E-state index in [4.69, 9.17) is 14.5 Å². The van der Waals surface area contributed by atoms with Gasteiger partial charge in [0, 0.05) is 36.9 Å². The number of anilines is 3. The van der Waals surface area contributed by atoms with E-state index in [1.165, 1.54) is 18.9 Å². The molecule has 0 bridgehead atoms. The van der Waals surface area contributed by atoms with Crippen molar-refractivity contribution in [1.29, 1.82) is 0 Å². The Bertz CT molecular complexity index is 1970. The maximum atomic E-state index is 13.6. The lowest BCUT2D eigenvalue weighted by Crippen LogP contribution is -2.52. The van der Waals surface area contributed by atoms with Crippen LogP contribution in [0.2, 0.25) is 0 Å². The highest BCUT2D eigenvalue weighted by atomic mass is 16.5. The highest BCUT2D eigenvalue weighted by Gasteiger charge is 2.50. The first-order valence-electron chi connectivity index (χ1n) is 15.6. The Hall–Kier alpha value is -5.13. The fourth-order valence-electron chi connectivity index (χ4n) is 6.77. The van der Waals surface area contributed by atoms with Crippen LogP contribution >= 0.6 is 0 Å². The van der Waals surface area contributed by atoms with Gasteiger partial charge < -0.3 is 24.6 Å². The smallest absolute Gasteiger partial charge is 0.409 e. The molecule has 4 aromatic rings. The van der Waals surface area contributed by atoms with E-state index in [0.717, 1.165) is 30.5 Å². The number of fused-ring (bicyclic) bond motifs is 4. The van der Waals surface area contributed by atoms with Gasteiger partial charge in [-0.1, -0.05) is 19.1 Å². The number of hydrogen-bond acceptors (Lipinski definition) is 8. The Morgan fingerprint density at radius 3 is 2.70 bits per heavy atom. The van der Waals surface area contributed by atoms with Gasteiger partial charge in [0.2, 0.25) is 5.95 Å². The molecule has 12 heteroatoms. The molecule has 1 aliphatic carbocycles. The average molecular weight is 624 g/mol. The Labute approximate surface area is 266 Å². The molecule has 12 nitrogen and oxygen atoms in total. The van der Waals surface area contributed by atoms with Gasteiger partial charge in [-0.15, -0.1) is 6.58 Å². The van der Waals surface area contributed by atoms with Gasteiger partial charge in [0.25, 0.3) is 11.5 Å². The van der Waals surface area contributed by atoms with Crippen molar-refractivity contribution in [3.05, 3.63) is 76.7 Å². The lowest BCUT2D eigenvalue weighted by atomic mass is 9.87. The Balaban J connectivity index is 1.29. The van der Waals surface area contributed by atoms with Gasteiger partial charge in [0.05, 0.1) is 25.0 Å². The average Bonchev–Trinajstić information content (AvgIpc) is 3.75. The van der Waals surface area contributed by atoms with Gasteiger partial charge in [-0.25, -0.2) is 19.1 Å². The standard InChI is InChI=1S/C34H37N7O5/c1-6-14-39-26-17-23(9-11-27(26)46-33(3,4)30(39)43)41-28-24(29(42)40(41)15-7-2)18-35-31(37-28)36-22-8-10-25-21(16-22)19-38(32(44)45-5)20-34(25)12-13-34/h7-11,16-18H,2,6,12-15,19-20H2,1,3-5H3,(H,35,36,37). The summed E-state index contributed by atoms with van der Waals surface area (Å²) in [7, 11) is 1.41. The van der Waals surface area contributed by atoms with Crippen molar-refractivity contribution in [2.24, 2.45) is 0 Å². The van der Waals surface area contributed by atoms with E-state index in [-0.39, 0.29) is 29.5 Å². The molecule has 4 heterocycles. The molecule has 3 aliphatic rings. The van der Waals surface area contributed by atoms with Crippen molar-refractivity contribution in [3.63, 3.8) is 0 Å². The van der Waals surface area contributed by atoms with Crippen molar-refractivity contribution in [2.75, 3.05) is 30.4 Å². The number of carbonyl (C=O) groups is 2. The molecule has 0 atom stereocenters. The normalized spacial score (nSPS) is 17.3. The number of aromatic nitrogens is 4. The number of rotatable bonds is 7. The third-order valence-corrected chi connectivity index (χ3v) is 9.10. The molecular weight excluding hydrogens is 586 g/mol. The van der Waals surface area contributed by atoms with Crippen molar-refractivity contribution >= 4 is 40.4 Å². The lowest BCUT2D eigenvalue weighted by Gasteiger charge is -2.39. The molecule has 1 spiro atoms. The second-order valence-electron chi connectivity index (χ2n) is 12.7. The summed E-state index contributed by atoms with van der Waals surface area (Å²) >= 11 is 0. The number of methoxy groups -OCH3 is 1. The SMILES string of the molecule is C=CCn1c(=O)c2cnc(Nc3ccc4c(c3)CN(C(=O)OC)CC43CC3)nc2n1-c1ccc2c(c1)N(CCC)C(=O)C(C)(C)O2. The monoisotopic (exact) mass is 623 g/mol. The minimum absolute atomic E-state index is 0.00711. The van der Waals surface area contributed by atoms with Crippen molar-refractivity contribution < 1.29 is 19.1 Å². The quantitative estimate of drug-likeness (QED) is 0.284. The van der Waals surface area contributed by atoms with E-state index < -0.39 is 5.60 Å². The van der Waals surface area contributed by atoms with Crippen LogP contribution in [0.3, 0.4) is 0 Å². The molecule has 238 valence electrons. The Kier molecular flexibility index (Phi) is 6.91. The molecule has 1 N–H and O–H groups in total. The maximum Gasteiger partial charge on any atom is 0.409 e. The van der Waals surface area contributed by atoms with Gasteiger partial charge in [-0.05, 0) is 74.6 Å². The summed E-state index contributed by atoms with van der Waals surface area (Å²) < 4.78 is 14.4. The lowest BCUT2D eigenvalue weighted by molar-refractivity contribution is -0.132. The van der Waals surface area contributed by atoms with Crippen molar-refractivity contribution in [3.8, 4) is 11.4 Å². The van der Waals surface area contributed by atoms with Crippen LogP contribution < -0.4 is 20.5 Å². The second kappa shape index (κ2) is 10.7. The molecule has 2 aromatic carbocycles. The molecule has 7 rings (SSSR count). The summed E-state index contributed by atoms with van der Waals surface area (Å²) in [6.07, 6.45) is 5.69. The molecule has 0 unspecified atom stereocenters. The molecule has 0 saturated heterocycles. The fraction of sp³-hybridized carbons (Fsp3) is 0.382. The van der Waals surface area contributed by atoms with E-state index in [1.54, 1.807) is 39.1 Å². The van der Waals surface area contributed by atoms with E-state index in [1.807, 2.05) is 37.3 Å². The van der Waals surface area contributed by atoms with Gasteiger partial charge >= 0.3 is 6.09 Å². The number of allylic oxidation sites excluding steroid dienone is 1. The molecule has 2 aliphatic heterocycles. The summed E-state index contributed by atoms with van der Waals surface area (Å²) in [6, 6.07) is 11.7. The largest absolute Gasteiger partial charge is 0.476 e. The van der Waals surface area contributed by atoms with Crippen molar-refractivity contribution in [1.82, 2.24) is 24.2 Å². The first kappa shape index (κ1) is 29.6. The van der Waals surface area contributed by atoms with Gasteiger partial charge in [-0.2, -0.15) is 4.98 Å². The summed E-state index contributed by atoms with van der Waals surface area (Å²) in [4.78, 5) is 52.1. The van der Waals surface area contributed by atoms with E-state index in [0.29, 0.717) is 53.7 Å². The molecule has 2 aromatic heterocycles. The number of hydrogen-bond donors (Lipinski definition) is 1. The number of carbonyl (C=O) groups excluding carboxylic acids is 2. The molecule has 0 radical (unpaired) electrons. The third kappa shape index (κ3) is 4.70. The summed E-state index contributed by atoms with van der Waals surface area (Å²) in [5.41, 5.74) is 3.51. The highest BCUT2D eigenvalue weighted by Crippen LogP contribution is 2.53. The molecule has 46 heavy (non-hydrogen) atoms. The zero-order valence-corrected chi connectivity index (χ0v) is 26.5. The predicted molar refractivity (Wildman–Crippen MR) is 174 cm³/mol. The Morgan fingerprint density at radius 1 is 1.17 bits per heavy atom. The number of nitrogens with zero attached hydrogens (tertiary/aromatic N) is 6. The van der Waals surface area contributed by atoms with Gasteiger partial charge in [0.1, 0.15) is 11.1 Å². The van der Waals surface area contributed by atoms with Gasteiger partial charge in [-0.3, -0.25) is 9.59 Å². The predicted octanol–water partition coefficient (Wildman–Crippen LogP) is 5.04. The van der Waals surface area contributed by atoms with Crippen LogP contribution in [0.15, 0.2) is 60.0 Å². The number of ether oxygens (including phenoxy) is 2. The highest BCUT2D eigenvalue weighted by molar-refractivity contribution is 6.02. The Morgan fingerprint density at radius 2 is 1.98 bits per heavy atom. The number of benzene rings is 2. The minimum Gasteiger partial charge on any atom is -0.476 e. The topological polar surface area (TPSA) is 124 Å². The molecule has 1 fully saturated rings. The number of amides is 2. The van der Waals surface area contributed by atoms with Crippen LogP contribution in [-0.4, -0.2) is 62.0 Å². The third-order valence-electron chi connectivity index (χ3n) is 9.10. The molecular formula is C34H37N7O5. The van der Waals surface area contributed by atoms with E-state index >= 15 is 0 Å². The van der Waals surface area contributed by atoms with Crippen LogP contribution in [0, 0.1) is 0 Å². The fourth-order valence-corrected chi connectivity index (χ4v) is 6.77. The van der Waals surface area contributed by atoms with Crippen molar-refractivity contribution in [2.45, 2.75) is 64.1 Å². The van der Waals surface area contributed by atoms with Crippen LogP contribution in [0.25, 0.3) is 16.7 Å². The first-order valence-corrected chi connectivity index (χ1v) is 15.6. The minimum atomic E-state index is -0.990. The number of nitrogens with one attached hydrogen (secondary N) is 1.